The van der Waals surface area contributed by atoms with E-state index in [9.17, 15) is 4.79 Å². The van der Waals surface area contributed by atoms with Crippen molar-refractivity contribution in [2.75, 3.05) is 5.32 Å². The molecular formula is C16H19NOS. The molecule has 2 nitrogen and oxygen atoms in total. The van der Waals surface area contributed by atoms with Gasteiger partial charge in [-0.3, -0.25) is 4.79 Å². The molecule has 0 spiro atoms. The molecule has 0 aliphatic rings. The number of hydrogen-bond donors (Lipinski definition) is 1. The highest BCUT2D eigenvalue weighted by atomic mass is 32.1. The van der Waals surface area contributed by atoms with Crippen LogP contribution in [0.1, 0.15) is 45.6 Å². The van der Waals surface area contributed by atoms with Crippen molar-refractivity contribution >= 4 is 22.8 Å². The van der Waals surface area contributed by atoms with Gasteiger partial charge in [0.25, 0.3) is 0 Å². The number of nitrogens with one attached hydrogen (secondary N) is 1. The Labute approximate surface area is 118 Å². The van der Waals surface area contributed by atoms with Crippen molar-refractivity contribution in [3.8, 4) is 0 Å². The van der Waals surface area contributed by atoms with Gasteiger partial charge in [-0.05, 0) is 63.6 Å². The number of carbonyl (C=O) groups is 1. The Kier molecular flexibility index (Phi) is 4.05. The lowest BCUT2D eigenvalue weighted by molar-refractivity contribution is 0.101. The van der Waals surface area contributed by atoms with Crippen molar-refractivity contribution in [1.29, 1.82) is 0 Å². The average Bonchev–Trinajstić information content (AvgIpc) is 2.69. The van der Waals surface area contributed by atoms with Gasteiger partial charge < -0.3 is 5.32 Å². The molecule has 0 aliphatic heterocycles. The van der Waals surface area contributed by atoms with Crippen LogP contribution in [0, 0.1) is 13.8 Å². The van der Waals surface area contributed by atoms with Gasteiger partial charge in [-0.15, -0.1) is 11.3 Å². The van der Waals surface area contributed by atoms with Gasteiger partial charge in [-0.1, -0.05) is 0 Å². The lowest BCUT2D eigenvalue weighted by Gasteiger charge is -2.15. The maximum absolute atomic E-state index is 11.2. The largest absolute Gasteiger partial charge is 0.378 e. The van der Waals surface area contributed by atoms with Crippen LogP contribution in [0.5, 0.6) is 0 Å². The number of aryl methyl sites for hydroxylation is 2. The Morgan fingerprint density at radius 2 is 1.84 bits per heavy atom. The van der Waals surface area contributed by atoms with Gasteiger partial charge in [0.1, 0.15) is 0 Å². The number of anilines is 1. The molecule has 0 saturated heterocycles. The van der Waals surface area contributed by atoms with Gasteiger partial charge in [0.2, 0.25) is 0 Å². The van der Waals surface area contributed by atoms with E-state index >= 15 is 0 Å². The van der Waals surface area contributed by atoms with E-state index in [1.807, 2.05) is 35.6 Å². The van der Waals surface area contributed by atoms with E-state index in [2.05, 4.69) is 32.2 Å². The third-order valence-electron chi connectivity index (χ3n) is 3.22. The monoisotopic (exact) mass is 273 g/mol. The van der Waals surface area contributed by atoms with E-state index in [0.29, 0.717) is 0 Å². The first kappa shape index (κ1) is 13.8. The predicted molar refractivity (Wildman–Crippen MR) is 82.3 cm³/mol. The molecule has 100 valence electrons. The highest BCUT2D eigenvalue weighted by Gasteiger charge is 2.11. The summed E-state index contributed by atoms with van der Waals surface area (Å²) in [5, 5.41) is 3.47. The van der Waals surface area contributed by atoms with E-state index < -0.39 is 0 Å². The van der Waals surface area contributed by atoms with E-state index in [0.717, 1.165) is 11.3 Å². The molecule has 3 heteroatoms. The Hall–Kier alpha value is -1.61. The Bertz CT molecular complexity index is 583. The van der Waals surface area contributed by atoms with Crippen LogP contribution in [0.4, 0.5) is 5.69 Å². The van der Waals surface area contributed by atoms with Crippen molar-refractivity contribution in [1.82, 2.24) is 0 Å². The minimum Gasteiger partial charge on any atom is -0.378 e. The van der Waals surface area contributed by atoms with Gasteiger partial charge in [0, 0.05) is 27.0 Å². The summed E-state index contributed by atoms with van der Waals surface area (Å²) in [6, 6.07) is 10.2. The summed E-state index contributed by atoms with van der Waals surface area (Å²) < 4.78 is 0. The van der Waals surface area contributed by atoms with Crippen LogP contribution >= 0.6 is 11.3 Å². The van der Waals surface area contributed by atoms with Crippen molar-refractivity contribution in [3.05, 3.63) is 51.2 Å². The third kappa shape index (κ3) is 3.24. The van der Waals surface area contributed by atoms with Gasteiger partial charge in [0.15, 0.2) is 5.78 Å². The minimum absolute atomic E-state index is 0.101. The van der Waals surface area contributed by atoms with E-state index in [1.165, 1.54) is 15.3 Å². The van der Waals surface area contributed by atoms with Crippen LogP contribution in [0.2, 0.25) is 0 Å². The summed E-state index contributed by atoms with van der Waals surface area (Å²) in [5.74, 6) is 0.101. The second kappa shape index (κ2) is 5.57. The smallest absolute Gasteiger partial charge is 0.159 e. The van der Waals surface area contributed by atoms with Crippen LogP contribution < -0.4 is 5.32 Å². The molecule has 2 rings (SSSR count). The van der Waals surface area contributed by atoms with E-state index in [1.54, 1.807) is 6.92 Å². The van der Waals surface area contributed by atoms with Gasteiger partial charge in [-0.2, -0.15) is 0 Å². The van der Waals surface area contributed by atoms with Crippen molar-refractivity contribution < 1.29 is 4.79 Å². The zero-order valence-electron chi connectivity index (χ0n) is 11.8. The molecule has 1 aromatic heterocycles. The van der Waals surface area contributed by atoms with Crippen molar-refractivity contribution in [3.63, 3.8) is 0 Å². The van der Waals surface area contributed by atoms with Crippen LogP contribution in [0.25, 0.3) is 0 Å². The number of thiophene rings is 1. The maximum Gasteiger partial charge on any atom is 0.159 e. The SMILES string of the molecule is CC(=O)c1ccc(NC(C)c2cc(C)sc2C)cc1. The van der Waals surface area contributed by atoms with E-state index in [-0.39, 0.29) is 11.8 Å². The molecule has 0 saturated carbocycles. The summed E-state index contributed by atoms with van der Waals surface area (Å²) in [5.41, 5.74) is 3.14. The number of rotatable bonds is 4. The molecule has 1 heterocycles. The molecule has 19 heavy (non-hydrogen) atoms. The van der Waals surface area contributed by atoms with Crippen LogP contribution in [0.15, 0.2) is 30.3 Å². The Morgan fingerprint density at radius 3 is 2.32 bits per heavy atom. The summed E-state index contributed by atoms with van der Waals surface area (Å²) in [4.78, 5) is 13.9. The fraction of sp³-hybridized carbons (Fsp3) is 0.312. The molecule has 1 N–H and O–H groups in total. The van der Waals surface area contributed by atoms with Crippen LogP contribution in [0.3, 0.4) is 0 Å². The first-order chi connectivity index (χ1) is 8.97. The maximum atomic E-state index is 11.2. The van der Waals surface area contributed by atoms with Gasteiger partial charge in [0.05, 0.1) is 0 Å². The molecule has 1 atom stereocenters. The molecule has 0 fully saturated rings. The predicted octanol–water partition coefficient (Wildman–Crippen LogP) is 4.74. The standard InChI is InChI=1S/C16H19NOS/c1-10-9-16(13(4)19-10)11(2)17-15-7-5-14(6-8-15)12(3)18/h5-9,11,17H,1-4H3. The second-order valence-corrected chi connectivity index (χ2v) is 6.33. The molecule has 0 radical (unpaired) electrons. The zero-order valence-corrected chi connectivity index (χ0v) is 12.6. The van der Waals surface area contributed by atoms with Crippen LogP contribution in [-0.2, 0) is 0 Å². The Morgan fingerprint density at radius 1 is 1.21 bits per heavy atom. The van der Waals surface area contributed by atoms with Gasteiger partial charge >= 0.3 is 0 Å². The molecule has 1 aromatic carbocycles. The van der Waals surface area contributed by atoms with Crippen LogP contribution in [-0.4, -0.2) is 5.78 Å². The minimum atomic E-state index is 0.101. The lowest BCUT2D eigenvalue weighted by Crippen LogP contribution is -2.06. The number of carbonyl (C=O) groups excluding carboxylic acids is 1. The summed E-state index contributed by atoms with van der Waals surface area (Å²) >= 11 is 1.83. The number of benzene rings is 1. The number of hydrogen-bond acceptors (Lipinski definition) is 3. The highest BCUT2D eigenvalue weighted by Crippen LogP contribution is 2.28. The Balaban J connectivity index is 2.12. The summed E-state index contributed by atoms with van der Waals surface area (Å²) in [6.45, 7) is 8.04. The first-order valence-corrected chi connectivity index (χ1v) is 7.23. The van der Waals surface area contributed by atoms with Crippen molar-refractivity contribution in [2.45, 2.75) is 33.7 Å². The number of ketones is 1. The average molecular weight is 273 g/mol. The normalized spacial score (nSPS) is 12.2. The van der Waals surface area contributed by atoms with E-state index in [4.69, 9.17) is 0 Å². The second-order valence-electron chi connectivity index (χ2n) is 4.87. The lowest BCUT2D eigenvalue weighted by atomic mass is 10.1. The summed E-state index contributed by atoms with van der Waals surface area (Å²) in [7, 11) is 0. The topological polar surface area (TPSA) is 29.1 Å². The molecule has 0 aliphatic carbocycles. The number of Topliss-reactive ketones (excluding diaryl/α,β-unsaturated/α-hetero) is 1. The molecule has 0 amide bonds. The molecular weight excluding hydrogens is 254 g/mol. The fourth-order valence-electron chi connectivity index (χ4n) is 2.21. The highest BCUT2D eigenvalue weighted by molar-refractivity contribution is 7.12. The molecule has 2 aromatic rings. The van der Waals surface area contributed by atoms with Gasteiger partial charge in [-0.25, -0.2) is 0 Å². The third-order valence-corrected chi connectivity index (χ3v) is 4.20. The summed E-state index contributed by atoms with van der Waals surface area (Å²) in [6.07, 6.45) is 0. The quantitative estimate of drug-likeness (QED) is 0.815. The first-order valence-electron chi connectivity index (χ1n) is 6.42. The zero-order chi connectivity index (χ0) is 14.0. The molecule has 0 bridgehead atoms. The molecule has 1 unspecified atom stereocenters. The van der Waals surface area contributed by atoms with Crippen molar-refractivity contribution in [2.24, 2.45) is 0 Å². The fourth-order valence-corrected chi connectivity index (χ4v) is 3.23.